The number of carbonyl (C=O) groups is 1. The van der Waals surface area contributed by atoms with Crippen molar-refractivity contribution >= 4 is 40.9 Å². The molecule has 0 aliphatic rings. The molecule has 0 unspecified atom stereocenters. The molecule has 0 saturated heterocycles. The molecule has 0 heterocycles. The molecule has 0 bridgehead atoms. The summed E-state index contributed by atoms with van der Waals surface area (Å²) in [5.41, 5.74) is 1.28. The van der Waals surface area contributed by atoms with Crippen LogP contribution in [0.2, 0.25) is 0 Å². The highest BCUT2D eigenvalue weighted by Gasteiger charge is 2.15. The number of nitro benzene ring substituents is 1. The second-order valence-corrected chi connectivity index (χ2v) is 4.20. The van der Waals surface area contributed by atoms with Gasteiger partial charge < -0.3 is 9.84 Å². The van der Waals surface area contributed by atoms with Gasteiger partial charge >= 0.3 is 11.7 Å². The van der Waals surface area contributed by atoms with Gasteiger partial charge in [-0.15, -0.1) is 0 Å². The lowest BCUT2D eigenvalue weighted by Gasteiger charge is -2.06. The van der Waals surface area contributed by atoms with Crippen LogP contribution in [0.1, 0.15) is 5.56 Å². The third kappa shape index (κ3) is 4.91. The van der Waals surface area contributed by atoms with Crippen molar-refractivity contribution in [3.8, 4) is 5.75 Å². The van der Waals surface area contributed by atoms with E-state index in [9.17, 15) is 14.9 Å². The van der Waals surface area contributed by atoms with Crippen LogP contribution in [0.5, 0.6) is 5.75 Å². The van der Waals surface area contributed by atoms with Gasteiger partial charge in [0.2, 0.25) is 0 Å². The number of hydrogen-bond acceptors (Lipinski definition) is 4. The lowest BCUT2D eigenvalue weighted by atomic mass is 10.2. The predicted octanol–water partition coefficient (Wildman–Crippen LogP) is 3.39. The highest BCUT2D eigenvalue weighted by Crippen LogP contribution is 2.29. The first-order chi connectivity index (χ1) is 9.43. The van der Waals surface area contributed by atoms with Crippen molar-refractivity contribution < 1.29 is 19.6 Å². The van der Waals surface area contributed by atoms with E-state index in [2.05, 4.69) is 0 Å². The number of hydrogen-bond donors (Lipinski definition) is 1. The average molecular weight is 318 g/mol. The van der Waals surface area contributed by atoms with Crippen LogP contribution in [-0.2, 0) is 4.79 Å². The number of rotatable bonds is 6. The monoisotopic (exact) mass is 317 g/mol. The molecule has 0 spiro atoms. The minimum Gasteiger partial charge on any atom is -0.481 e. The molecule has 8 heteroatoms. The summed E-state index contributed by atoms with van der Waals surface area (Å²) in [6.45, 7) is -0.127. The van der Waals surface area contributed by atoms with E-state index in [0.717, 1.165) is 11.6 Å². The van der Waals surface area contributed by atoms with Crippen molar-refractivity contribution in [1.29, 1.82) is 0 Å². The van der Waals surface area contributed by atoms with Crippen LogP contribution >= 0.6 is 23.2 Å². The van der Waals surface area contributed by atoms with E-state index in [-0.39, 0.29) is 23.1 Å². The number of nitro groups is 1. The summed E-state index contributed by atoms with van der Waals surface area (Å²) < 4.78 is 5.19. The van der Waals surface area contributed by atoms with Gasteiger partial charge in [0.1, 0.15) is 6.61 Å². The van der Waals surface area contributed by atoms with E-state index >= 15 is 0 Å². The van der Waals surface area contributed by atoms with Gasteiger partial charge in [0.15, 0.2) is 5.75 Å². The molecule has 6 nitrogen and oxygen atoms in total. The third-order valence-electron chi connectivity index (χ3n) is 2.08. The van der Waals surface area contributed by atoms with Gasteiger partial charge in [-0.05, 0) is 23.8 Å². The Labute approximate surface area is 124 Å². The first kappa shape index (κ1) is 16.0. The fourth-order valence-corrected chi connectivity index (χ4v) is 1.36. The van der Waals surface area contributed by atoms with Crippen LogP contribution in [0.15, 0.2) is 34.8 Å². The zero-order chi connectivity index (χ0) is 15.1. The molecule has 0 atom stereocenters. The number of nitrogens with zero attached hydrogens (tertiary/aromatic N) is 1. The van der Waals surface area contributed by atoms with E-state index in [1.54, 1.807) is 0 Å². The summed E-state index contributed by atoms with van der Waals surface area (Å²) in [5.74, 6) is -1.15. The molecule has 0 amide bonds. The molecule has 0 aliphatic heterocycles. The molecule has 1 aromatic rings. The summed E-state index contributed by atoms with van der Waals surface area (Å²) in [7, 11) is 0. The second kappa shape index (κ2) is 7.52. The Bertz CT molecular complexity index is 583. The number of halogens is 2. The van der Waals surface area contributed by atoms with Crippen molar-refractivity contribution in [1.82, 2.24) is 0 Å². The number of carboxylic acid groups (broad SMARTS) is 1. The molecule has 1 aromatic carbocycles. The first-order valence-electron chi connectivity index (χ1n) is 5.21. The smallest absolute Gasteiger partial charge is 0.328 e. The normalized spacial score (nSPS) is 11.6. The maximum Gasteiger partial charge on any atom is 0.328 e. The quantitative estimate of drug-likeness (QED) is 0.493. The molecule has 0 saturated carbocycles. The van der Waals surface area contributed by atoms with Gasteiger partial charge in [0.25, 0.3) is 0 Å². The number of carboxylic acids is 1. The van der Waals surface area contributed by atoms with Crippen LogP contribution in [0.3, 0.4) is 0 Å². The Morgan fingerprint density at radius 3 is 2.75 bits per heavy atom. The number of benzene rings is 1. The molecule has 0 aliphatic carbocycles. The minimum atomic E-state index is -1.13. The molecule has 106 valence electrons. The average Bonchev–Trinajstić information content (AvgIpc) is 2.42. The Kier molecular flexibility index (Phi) is 6.02. The third-order valence-corrected chi connectivity index (χ3v) is 2.68. The molecule has 1 rings (SSSR count). The van der Waals surface area contributed by atoms with Gasteiger partial charge in [0, 0.05) is 17.7 Å². The van der Waals surface area contributed by atoms with Crippen LogP contribution in [0, 0.1) is 10.1 Å². The lowest BCUT2D eigenvalue weighted by Crippen LogP contribution is -2.01. The Hall–Kier alpha value is -2.05. The maximum atomic E-state index is 10.9. The van der Waals surface area contributed by atoms with Crippen molar-refractivity contribution in [2.45, 2.75) is 0 Å². The maximum absolute atomic E-state index is 10.9. The molecule has 20 heavy (non-hydrogen) atoms. The highest BCUT2D eigenvalue weighted by atomic mass is 35.5. The van der Waals surface area contributed by atoms with Gasteiger partial charge in [-0.3, -0.25) is 10.1 Å². The summed E-state index contributed by atoms with van der Waals surface area (Å²) in [6, 6.07) is 3.97. The van der Waals surface area contributed by atoms with Gasteiger partial charge in [0.05, 0.1) is 9.96 Å². The fourth-order valence-electron chi connectivity index (χ4n) is 1.25. The molecule has 0 aromatic heterocycles. The number of ether oxygens (including phenoxy) is 1. The van der Waals surface area contributed by atoms with Crippen LogP contribution < -0.4 is 4.74 Å². The Balaban J connectivity index is 3.05. The SMILES string of the molecule is O=C(O)C=Cc1ccc([N+](=O)[O-])c(OCC(Cl)=CCl)c1. The standard InChI is InChI=1S/C12H9Cl2NO5/c13-6-9(14)7-20-11-5-8(2-4-12(16)17)1-3-10(11)15(18)19/h1-6H,7H2,(H,16,17). The van der Waals surface area contributed by atoms with Crippen molar-refractivity contribution in [3.05, 3.63) is 50.5 Å². The van der Waals surface area contributed by atoms with Crippen LogP contribution in [0.4, 0.5) is 5.69 Å². The van der Waals surface area contributed by atoms with Crippen molar-refractivity contribution in [2.24, 2.45) is 0 Å². The summed E-state index contributed by atoms with van der Waals surface area (Å²) in [5, 5.41) is 19.6. The van der Waals surface area contributed by atoms with E-state index in [1.165, 1.54) is 24.3 Å². The molecular formula is C12H9Cl2NO5. The minimum absolute atomic E-state index is 0.0285. The lowest BCUT2D eigenvalue weighted by molar-refractivity contribution is -0.385. The first-order valence-corrected chi connectivity index (χ1v) is 6.02. The fraction of sp³-hybridized carbons (Fsp3) is 0.0833. The van der Waals surface area contributed by atoms with E-state index in [0.29, 0.717) is 5.56 Å². The molecule has 0 radical (unpaired) electrons. The topological polar surface area (TPSA) is 89.7 Å². The van der Waals surface area contributed by atoms with Gasteiger partial charge in [-0.1, -0.05) is 23.2 Å². The second-order valence-electron chi connectivity index (χ2n) is 3.50. The summed E-state index contributed by atoms with van der Waals surface area (Å²) >= 11 is 11.0. The van der Waals surface area contributed by atoms with E-state index in [1.807, 2.05) is 0 Å². The zero-order valence-corrected chi connectivity index (χ0v) is 11.5. The molecule has 0 fully saturated rings. The van der Waals surface area contributed by atoms with Crippen LogP contribution in [-0.4, -0.2) is 22.6 Å². The van der Waals surface area contributed by atoms with E-state index in [4.69, 9.17) is 33.0 Å². The molecular weight excluding hydrogens is 309 g/mol. The summed E-state index contributed by atoms with van der Waals surface area (Å²) in [6.07, 6.45) is 2.20. The number of aliphatic carboxylic acids is 1. The zero-order valence-electron chi connectivity index (χ0n) is 9.95. The van der Waals surface area contributed by atoms with Crippen molar-refractivity contribution in [2.75, 3.05) is 6.61 Å². The van der Waals surface area contributed by atoms with Gasteiger partial charge in [-0.2, -0.15) is 0 Å². The van der Waals surface area contributed by atoms with Crippen LogP contribution in [0.25, 0.3) is 6.08 Å². The predicted molar refractivity (Wildman–Crippen MR) is 75.1 cm³/mol. The molecule has 1 N–H and O–H groups in total. The van der Waals surface area contributed by atoms with E-state index < -0.39 is 10.9 Å². The Morgan fingerprint density at radius 2 is 2.20 bits per heavy atom. The highest BCUT2D eigenvalue weighted by molar-refractivity contribution is 6.36. The summed E-state index contributed by atoms with van der Waals surface area (Å²) in [4.78, 5) is 20.7. The van der Waals surface area contributed by atoms with Crippen molar-refractivity contribution in [3.63, 3.8) is 0 Å². The largest absolute Gasteiger partial charge is 0.481 e. The Morgan fingerprint density at radius 1 is 1.50 bits per heavy atom. The van der Waals surface area contributed by atoms with Gasteiger partial charge in [-0.25, -0.2) is 4.79 Å².